The van der Waals surface area contributed by atoms with Crippen molar-refractivity contribution >= 4 is 29.5 Å². The number of Topliss-reactive ketones (excluding diaryl/α,β-unsaturated/α-hetero) is 2. The molecule has 13 heteroatoms. The zero-order valence-corrected chi connectivity index (χ0v) is 27.8. The molecule has 48 heavy (non-hydrogen) atoms. The SMILES string of the molecule is CC(=O)COCCOCCNC(=O)CCN(CCC(=O)NCCOCCOCC(C)=O)C(=O)OCC1c2ccccc2-c2ccccc21. The fourth-order valence-corrected chi connectivity index (χ4v) is 5.03. The van der Waals surface area contributed by atoms with Crippen molar-refractivity contribution < 1.29 is 47.7 Å². The lowest BCUT2D eigenvalue weighted by molar-refractivity contribution is -0.123. The number of nitrogens with one attached hydrogen (secondary N) is 2. The van der Waals surface area contributed by atoms with E-state index < -0.39 is 6.09 Å². The molecule has 3 rings (SSSR count). The first-order chi connectivity index (χ1) is 23.3. The Kier molecular flexibility index (Phi) is 17.3. The zero-order chi connectivity index (χ0) is 34.6. The second kappa shape index (κ2) is 21.7. The zero-order valence-electron chi connectivity index (χ0n) is 27.8. The van der Waals surface area contributed by atoms with Crippen molar-refractivity contribution in [1.82, 2.24) is 15.5 Å². The summed E-state index contributed by atoms with van der Waals surface area (Å²) >= 11 is 0. The van der Waals surface area contributed by atoms with Gasteiger partial charge in [0.05, 0.1) is 39.6 Å². The largest absolute Gasteiger partial charge is 0.448 e. The van der Waals surface area contributed by atoms with Gasteiger partial charge in [0.1, 0.15) is 19.8 Å². The van der Waals surface area contributed by atoms with E-state index >= 15 is 0 Å². The van der Waals surface area contributed by atoms with Gasteiger partial charge in [-0.25, -0.2) is 4.79 Å². The molecule has 0 aliphatic heterocycles. The quantitative estimate of drug-likeness (QED) is 0.159. The lowest BCUT2D eigenvalue weighted by Gasteiger charge is -2.23. The predicted octanol–water partition coefficient (Wildman–Crippen LogP) is 2.49. The van der Waals surface area contributed by atoms with Gasteiger partial charge < -0.3 is 39.2 Å². The summed E-state index contributed by atoms with van der Waals surface area (Å²) in [6, 6.07) is 16.1. The average molecular weight is 670 g/mol. The molecule has 1 aliphatic rings. The molecule has 0 heterocycles. The topological polar surface area (TPSA) is 159 Å². The highest BCUT2D eigenvalue weighted by Gasteiger charge is 2.30. The van der Waals surface area contributed by atoms with E-state index in [-0.39, 0.29) is 115 Å². The summed E-state index contributed by atoms with van der Waals surface area (Å²) in [6.07, 6.45) is -0.597. The van der Waals surface area contributed by atoms with Crippen molar-refractivity contribution in [2.45, 2.75) is 32.6 Å². The van der Waals surface area contributed by atoms with Crippen molar-refractivity contribution in [2.75, 3.05) is 85.6 Å². The number of fused-ring (bicyclic) bond motifs is 3. The highest BCUT2D eigenvalue weighted by atomic mass is 16.6. The van der Waals surface area contributed by atoms with Crippen molar-refractivity contribution in [3.8, 4) is 11.1 Å². The van der Waals surface area contributed by atoms with Crippen LogP contribution in [0.1, 0.15) is 43.7 Å². The van der Waals surface area contributed by atoms with Gasteiger partial charge in [0.25, 0.3) is 0 Å². The van der Waals surface area contributed by atoms with Gasteiger partial charge in [-0.1, -0.05) is 48.5 Å². The van der Waals surface area contributed by atoms with Gasteiger partial charge >= 0.3 is 6.09 Å². The fraction of sp³-hybridized carbons (Fsp3) is 0.514. The average Bonchev–Trinajstić information content (AvgIpc) is 3.39. The van der Waals surface area contributed by atoms with Crippen LogP contribution in [0, 0.1) is 0 Å². The number of rotatable bonds is 24. The monoisotopic (exact) mass is 669 g/mol. The van der Waals surface area contributed by atoms with Crippen molar-refractivity contribution in [3.05, 3.63) is 59.7 Å². The van der Waals surface area contributed by atoms with Crippen LogP contribution in [0.5, 0.6) is 0 Å². The summed E-state index contributed by atoms with van der Waals surface area (Å²) in [7, 11) is 0. The highest BCUT2D eigenvalue weighted by Crippen LogP contribution is 2.44. The van der Waals surface area contributed by atoms with Gasteiger partial charge in [-0.2, -0.15) is 0 Å². The number of ketones is 2. The molecule has 3 amide bonds. The number of benzene rings is 2. The predicted molar refractivity (Wildman–Crippen MR) is 177 cm³/mol. The number of carbonyl (C=O) groups is 5. The third-order valence-electron chi connectivity index (χ3n) is 7.30. The first-order valence-electron chi connectivity index (χ1n) is 16.2. The number of hydrogen-bond acceptors (Lipinski definition) is 10. The maximum atomic E-state index is 13.3. The van der Waals surface area contributed by atoms with Crippen LogP contribution in [0.25, 0.3) is 11.1 Å². The van der Waals surface area contributed by atoms with E-state index in [2.05, 4.69) is 22.8 Å². The molecule has 0 saturated heterocycles. The third kappa shape index (κ3) is 13.9. The normalized spacial score (nSPS) is 11.8. The number of nitrogens with zero attached hydrogens (tertiary/aromatic N) is 1. The molecule has 2 N–H and O–H groups in total. The van der Waals surface area contributed by atoms with Crippen molar-refractivity contribution in [3.63, 3.8) is 0 Å². The summed E-state index contributed by atoms with van der Waals surface area (Å²) < 4.78 is 26.8. The minimum atomic E-state index is -0.611. The van der Waals surface area contributed by atoms with E-state index in [1.807, 2.05) is 36.4 Å². The van der Waals surface area contributed by atoms with Gasteiger partial charge in [0, 0.05) is 44.9 Å². The second-order valence-electron chi connectivity index (χ2n) is 11.2. The van der Waals surface area contributed by atoms with Crippen LogP contribution >= 0.6 is 0 Å². The molecule has 2 aromatic rings. The molecule has 0 aromatic heterocycles. The number of amides is 3. The summed E-state index contributed by atoms with van der Waals surface area (Å²) in [4.78, 5) is 61.6. The Bertz CT molecular complexity index is 1260. The third-order valence-corrected chi connectivity index (χ3v) is 7.30. The van der Waals surface area contributed by atoms with Gasteiger partial charge in [-0.3, -0.25) is 19.2 Å². The van der Waals surface area contributed by atoms with Crippen molar-refractivity contribution in [2.24, 2.45) is 0 Å². The lowest BCUT2D eigenvalue weighted by Crippen LogP contribution is -2.39. The summed E-state index contributed by atoms with van der Waals surface area (Å²) in [6.45, 7) is 5.39. The van der Waals surface area contributed by atoms with E-state index in [1.165, 1.54) is 18.7 Å². The molecule has 0 radical (unpaired) electrons. The fourth-order valence-electron chi connectivity index (χ4n) is 5.03. The van der Waals surface area contributed by atoms with Gasteiger partial charge in [0.15, 0.2) is 11.6 Å². The minimum absolute atomic E-state index is 0.00702. The number of carbonyl (C=O) groups excluding carboxylic acids is 5. The van der Waals surface area contributed by atoms with Gasteiger partial charge in [0.2, 0.25) is 11.8 Å². The van der Waals surface area contributed by atoms with Gasteiger partial charge in [-0.05, 0) is 36.1 Å². The molecule has 0 atom stereocenters. The second-order valence-corrected chi connectivity index (χ2v) is 11.2. The maximum absolute atomic E-state index is 13.3. The van der Waals surface area contributed by atoms with Gasteiger partial charge in [-0.15, -0.1) is 0 Å². The molecule has 0 saturated carbocycles. The van der Waals surface area contributed by atoms with Crippen LogP contribution in [-0.2, 0) is 42.9 Å². The molecular weight excluding hydrogens is 622 g/mol. The summed E-state index contributed by atoms with van der Waals surface area (Å²) in [5, 5.41) is 5.50. The molecule has 2 aromatic carbocycles. The first kappa shape index (κ1) is 38.3. The van der Waals surface area contributed by atoms with Crippen LogP contribution in [0.3, 0.4) is 0 Å². The molecule has 0 spiro atoms. The van der Waals surface area contributed by atoms with E-state index in [1.54, 1.807) is 0 Å². The molecule has 262 valence electrons. The molecule has 0 fully saturated rings. The number of ether oxygens (including phenoxy) is 5. The Balaban J connectivity index is 1.46. The van der Waals surface area contributed by atoms with Crippen LogP contribution < -0.4 is 10.6 Å². The van der Waals surface area contributed by atoms with E-state index in [0.717, 1.165) is 22.3 Å². The Morgan fingerprint density at radius 2 is 1.06 bits per heavy atom. The number of hydrogen-bond donors (Lipinski definition) is 2. The van der Waals surface area contributed by atoms with Crippen LogP contribution in [0.2, 0.25) is 0 Å². The smallest absolute Gasteiger partial charge is 0.409 e. The van der Waals surface area contributed by atoms with E-state index in [0.29, 0.717) is 13.2 Å². The minimum Gasteiger partial charge on any atom is -0.448 e. The Labute approximate surface area is 281 Å². The van der Waals surface area contributed by atoms with Crippen LogP contribution in [0.15, 0.2) is 48.5 Å². The van der Waals surface area contributed by atoms with Crippen LogP contribution in [0.4, 0.5) is 4.79 Å². The molecule has 1 aliphatic carbocycles. The first-order valence-corrected chi connectivity index (χ1v) is 16.2. The standard InChI is InChI=1S/C35H47N3O10/c1-26(39)23-46-21-19-44-17-13-36-33(41)11-15-38(16-12-34(42)37-14-18-45-20-22-47-24-27(2)40)35(43)48-25-32-30-9-5-3-7-28(30)29-8-4-6-10-31(29)32/h3-10,32H,11-25H2,1-2H3,(H,36,41)(H,37,42). The molecule has 0 bridgehead atoms. The van der Waals surface area contributed by atoms with E-state index in [4.69, 9.17) is 23.7 Å². The maximum Gasteiger partial charge on any atom is 0.409 e. The highest BCUT2D eigenvalue weighted by molar-refractivity contribution is 5.80. The van der Waals surface area contributed by atoms with E-state index in [9.17, 15) is 24.0 Å². The Hall–Kier alpha value is -4.17. The Morgan fingerprint density at radius 1 is 0.625 bits per heavy atom. The van der Waals surface area contributed by atoms with Crippen molar-refractivity contribution in [1.29, 1.82) is 0 Å². The summed E-state index contributed by atoms with van der Waals surface area (Å²) in [5.74, 6) is -0.820. The molecule has 0 unspecified atom stereocenters. The molecule has 13 nitrogen and oxygen atoms in total. The molecular formula is C35H47N3O10. The summed E-state index contributed by atoms with van der Waals surface area (Å²) in [5.41, 5.74) is 4.38. The Morgan fingerprint density at radius 3 is 1.52 bits per heavy atom. The lowest BCUT2D eigenvalue weighted by atomic mass is 9.98. The van der Waals surface area contributed by atoms with Crippen LogP contribution in [-0.4, -0.2) is 120 Å².